The molecule has 1 fully saturated rings. The average Bonchev–Trinajstić information content (AvgIpc) is 0.854. The van der Waals surface area contributed by atoms with Gasteiger partial charge in [0.2, 0.25) is 12.8 Å². The number of carbonyl (C=O) groups excluding carboxylic acids is 6. The van der Waals surface area contributed by atoms with E-state index in [1.54, 1.807) is 69.2 Å². The van der Waals surface area contributed by atoms with E-state index in [1.165, 1.54) is 24.0 Å². The largest absolute Gasteiger partial charge is 0.462 e. The number of ether oxygens (including phenoxy) is 12. The summed E-state index contributed by atoms with van der Waals surface area (Å²) in [5.41, 5.74) is 0. The molecule has 26 heteroatoms. The van der Waals surface area contributed by atoms with Crippen molar-refractivity contribution in [3.8, 4) is 0 Å². The molecule has 0 radical (unpaired) electrons. The number of esters is 2. The van der Waals surface area contributed by atoms with Gasteiger partial charge in [-0.1, -0.05) is 106 Å². The molecule has 30 unspecified atom stereocenters. The van der Waals surface area contributed by atoms with Crippen LogP contribution in [-0.2, 0) is 85.6 Å². The first-order valence-electron chi connectivity index (χ1n) is 39.3. The average molecular weight is 1540 g/mol. The Morgan fingerprint density at radius 2 is 0.824 bits per heavy atom. The van der Waals surface area contributed by atoms with Crippen LogP contribution in [0.3, 0.4) is 0 Å². The van der Waals surface area contributed by atoms with Gasteiger partial charge in [0.05, 0.1) is 123 Å². The second kappa shape index (κ2) is 51.3. The van der Waals surface area contributed by atoms with Crippen LogP contribution in [0.1, 0.15) is 185 Å². The molecule has 0 aromatic carbocycles. The summed E-state index contributed by atoms with van der Waals surface area (Å²) in [5, 5.41) is 71.0. The van der Waals surface area contributed by atoms with Crippen LogP contribution in [0.4, 0.5) is 0 Å². The summed E-state index contributed by atoms with van der Waals surface area (Å²) in [6.45, 7) is 18.7. The molecule has 0 aliphatic carbocycles. The van der Waals surface area contributed by atoms with Gasteiger partial charge in [-0.05, 0) is 50.4 Å². The van der Waals surface area contributed by atoms with E-state index < -0.39 is 170 Å². The Morgan fingerprint density at radius 1 is 0.481 bits per heavy atom. The molecule has 3 aliphatic rings. The number of aliphatic hydroxyl groups excluding tert-OH is 6. The molecule has 3 aliphatic heterocycles. The smallest absolute Gasteiger partial charge is 0.308 e. The monoisotopic (exact) mass is 1540 g/mol. The third kappa shape index (κ3) is 33.3. The van der Waals surface area contributed by atoms with E-state index in [1.807, 2.05) is 106 Å². The fourth-order valence-electron chi connectivity index (χ4n) is 16.1. The second-order valence-corrected chi connectivity index (χ2v) is 31.5. The molecular weight excluding hydrogens is 1400 g/mol. The van der Waals surface area contributed by atoms with Crippen molar-refractivity contribution < 1.29 is 116 Å². The Morgan fingerprint density at radius 3 is 1.13 bits per heavy atom. The number of hydrogen-bond acceptors (Lipinski definition) is 24. The minimum Gasteiger partial charge on any atom is -0.462 e. The Kier molecular flexibility index (Phi) is 46.4. The van der Waals surface area contributed by atoms with Crippen LogP contribution in [0.2, 0.25) is 0 Å². The van der Waals surface area contributed by atoms with Gasteiger partial charge in [-0.2, -0.15) is 0 Å². The lowest BCUT2D eigenvalue weighted by Crippen LogP contribution is -2.42. The SMILES string of the molecule is COC1CC(O)CC(=O)OC(C(C)C(OC)C(C)CCC(=O)C(C)C(OC)C(C)C=CN(C)C=O)CC(O)CC(O)C(C)C(OC)CC2CC=CC(CC(OC)CC(O)CC(=O)OC(C(C)C(OC)C(C)CCC(=O)C(C)C(OC)C(C)C=CN(C)C=O)CC(O)CC(O)C(C)C(OC)CC3CC=CC(C1)O3)O2. The molecule has 3 rings (SSSR count). The molecule has 624 valence electrons. The number of amides is 2. The predicted octanol–water partition coefficient (Wildman–Crippen LogP) is 8.48. The first-order valence-corrected chi connectivity index (χ1v) is 39.3. The fourth-order valence-corrected chi connectivity index (χ4v) is 16.1. The molecule has 0 saturated carbocycles. The van der Waals surface area contributed by atoms with Crippen molar-refractivity contribution in [2.24, 2.45) is 59.2 Å². The van der Waals surface area contributed by atoms with Gasteiger partial charge < -0.3 is 97.3 Å². The van der Waals surface area contributed by atoms with Crippen LogP contribution in [-0.4, -0.2) is 270 Å². The lowest BCUT2D eigenvalue weighted by molar-refractivity contribution is -0.162. The quantitative estimate of drug-likeness (QED) is 0.0209. The highest BCUT2D eigenvalue weighted by atomic mass is 16.6. The van der Waals surface area contributed by atoms with Gasteiger partial charge in [-0.3, -0.25) is 28.8 Å². The van der Waals surface area contributed by atoms with Crippen LogP contribution in [0.15, 0.2) is 48.9 Å². The maximum Gasteiger partial charge on any atom is 0.308 e. The van der Waals surface area contributed by atoms with E-state index >= 15 is 0 Å². The highest BCUT2D eigenvalue weighted by molar-refractivity contribution is 5.81. The van der Waals surface area contributed by atoms with Crippen molar-refractivity contribution in [1.29, 1.82) is 0 Å². The lowest BCUT2D eigenvalue weighted by atomic mass is 9.82. The molecular formula is C82H142N2O24. The second-order valence-electron chi connectivity index (χ2n) is 31.5. The van der Waals surface area contributed by atoms with Crippen LogP contribution in [0, 0.1) is 59.2 Å². The first kappa shape index (κ1) is 97.7. The third-order valence-electron chi connectivity index (χ3n) is 23.1. The lowest BCUT2D eigenvalue weighted by Gasteiger charge is -2.36. The normalized spacial score (nSPS) is 32.7. The Bertz CT molecular complexity index is 2510. The van der Waals surface area contributed by atoms with Crippen LogP contribution in [0.5, 0.6) is 0 Å². The zero-order valence-electron chi connectivity index (χ0n) is 68.7. The number of fused-ring (bicyclic) bond motifs is 4. The minimum atomic E-state index is -1.23. The molecule has 1 saturated heterocycles. The van der Waals surface area contributed by atoms with E-state index in [4.69, 9.17) is 56.8 Å². The summed E-state index contributed by atoms with van der Waals surface area (Å²) >= 11 is 0. The maximum atomic E-state index is 14.2. The van der Waals surface area contributed by atoms with Crippen molar-refractivity contribution >= 4 is 36.3 Å². The first-order chi connectivity index (χ1) is 51.2. The van der Waals surface area contributed by atoms with Crippen molar-refractivity contribution in [2.45, 2.75) is 307 Å². The standard InChI is InChI=1S/C82H142N2O24/c1-49(27-29-69(91)55(7)79(101-17)51(3)31-33-83(11)47-85)81(103-19)57(9)75-39-61(89)37-71(93)53(5)73(99-15)45-65-25-22-24-64(106-65)44-68(98-14)36-60(88)42-78(96)108-76(58(10)82(104-20)50(2)28-30-70(92)56(8)80(102-18)52(4)32-34-84(12)48-86)40-62(90)38-72(94)54(6)74(100-16)46-66-26-21-23-63(105-66)43-67(97-13)35-59(87)41-77(95)107-75/h21-24,31-34,47-68,71-76,79-82,87-90,93-94H,25-30,35-46H2,1-20H3. The topological polar surface area (TPSA) is 341 Å². The van der Waals surface area contributed by atoms with E-state index in [9.17, 15) is 59.4 Å². The Labute approximate surface area is 645 Å². The van der Waals surface area contributed by atoms with Crippen molar-refractivity contribution in [3.63, 3.8) is 0 Å². The predicted molar refractivity (Wildman–Crippen MR) is 408 cm³/mol. The van der Waals surface area contributed by atoms with Gasteiger partial charge in [-0.15, -0.1) is 0 Å². The molecule has 0 aromatic heterocycles. The van der Waals surface area contributed by atoms with Gasteiger partial charge in [0, 0.05) is 195 Å². The number of carbonyl (C=O) groups is 6. The molecule has 26 nitrogen and oxygen atoms in total. The Balaban J connectivity index is 1.98. The summed E-state index contributed by atoms with van der Waals surface area (Å²) in [7, 11) is 15.5. The van der Waals surface area contributed by atoms with E-state index in [-0.39, 0.29) is 98.8 Å². The van der Waals surface area contributed by atoms with Crippen LogP contribution in [0.25, 0.3) is 0 Å². The summed E-state index contributed by atoms with van der Waals surface area (Å²) in [6, 6.07) is 0. The number of methoxy groups -OCH3 is 8. The number of nitrogens with zero attached hydrogens (tertiary/aromatic N) is 2. The van der Waals surface area contributed by atoms with Gasteiger partial charge in [0.15, 0.2) is 0 Å². The van der Waals surface area contributed by atoms with Gasteiger partial charge in [0.1, 0.15) is 23.8 Å². The number of cyclic esters (lactones) is 2. The van der Waals surface area contributed by atoms with Gasteiger partial charge in [0.25, 0.3) is 0 Å². The third-order valence-corrected chi connectivity index (χ3v) is 23.1. The van der Waals surface area contributed by atoms with Gasteiger partial charge in [-0.25, -0.2) is 0 Å². The number of Topliss-reactive ketones (excluding diaryl/α,β-unsaturated/α-hetero) is 2. The highest BCUT2D eigenvalue weighted by Crippen LogP contribution is 2.36. The van der Waals surface area contributed by atoms with E-state index in [2.05, 4.69) is 0 Å². The summed E-state index contributed by atoms with van der Waals surface area (Å²) in [5.74, 6) is -5.63. The van der Waals surface area contributed by atoms with Crippen LogP contribution >= 0.6 is 0 Å². The molecule has 6 N–H and O–H groups in total. The molecule has 2 amide bonds. The fraction of sp³-hybridized carbons (Fsp3) is 0.829. The Hall–Kier alpha value is -4.46. The van der Waals surface area contributed by atoms with Crippen LogP contribution < -0.4 is 0 Å². The number of ketones is 2. The zero-order valence-corrected chi connectivity index (χ0v) is 68.7. The molecule has 108 heavy (non-hydrogen) atoms. The molecule has 4 bridgehead atoms. The van der Waals surface area contributed by atoms with Crippen molar-refractivity contribution in [1.82, 2.24) is 9.80 Å². The summed E-state index contributed by atoms with van der Waals surface area (Å²) in [4.78, 5) is 81.3. The summed E-state index contributed by atoms with van der Waals surface area (Å²) in [6.07, 6.45) is 3.30. The number of hydrogen-bond donors (Lipinski definition) is 6. The van der Waals surface area contributed by atoms with Crippen molar-refractivity contribution in [3.05, 3.63) is 48.9 Å². The van der Waals surface area contributed by atoms with Gasteiger partial charge >= 0.3 is 11.9 Å². The number of rotatable bonds is 32. The van der Waals surface area contributed by atoms with E-state index in [0.717, 1.165) is 0 Å². The highest BCUT2D eigenvalue weighted by Gasteiger charge is 2.41. The van der Waals surface area contributed by atoms with E-state index in [0.29, 0.717) is 64.2 Å². The number of aliphatic hydroxyl groups is 6. The molecule has 3 heterocycles. The van der Waals surface area contributed by atoms with Crippen molar-refractivity contribution in [2.75, 3.05) is 71.0 Å². The molecule has 0 spiro atoms. The maximum absolute atomic E-state index is 14.2. The summed E-state index contributed by atoms with van der Waals surface area (Å²) < 4.78 is 73.4. The molecule has 0 aromatic rings. The zero-order chi connectivity index (χ0) is 81.1. The molecule has 30 atom stereocenters. The minimum absolute atomic E-state index is 0.0287.